The number of aromatic nitrogens is 1. The van der Waals surface area contributed by atoms with Crippen molar-refractivity contribution in [1.82, 2.24) is 4.57 Å². The van der Waals surface area contributed by atoms with Gasteiger partial charge in [0.1, 0.15) is 18.1 Å². The van der Waals surface area contributed by atoms with Crippen LogP contribution < -0.4 is 9.47 Å². The van der Waals surface area contributed by atoms with Crippen LogP contribution in [-0.4, -0.2) is 24.2 Å². The Hall–Kier alpha value is -2.56. The third kappa shape index (κ3) is 3.44. The quantitative estimate of drug-likeness (QED) is 0.319. The Labute approximate surface area is 185 Å². The third-order valence-corrected chi connectivity index (χ3v) is 6.75. The number of alkyl halides is 1. The molecule has 3 aromatic carbocycles. The molecule has 30 heavy (non-hydrogen) atoms. The molecule has 2 heterocycles. The van der Waals surface area contributed by atoms with Crippen molar-refractivity contribution in [2.45, 2.75) is 17.2 Å². The van der Waals surface area contributed by atoms with E-state index in [1.54, 1.807) is 7.11 Å². The Morgan fingerprint density at radius 2 is 1.80 bits per heavy atom. The highest BCUT2D eigenvalue weighted by Crippen LogP contribution is 2.46. The zero-order valence-corrected chi connectivity index (χ0v) is 18.3. The van der Waals surface area contributed by atoms with Crippen LogP contribution in [0.15, 0.2) is 71.6 Å². The minimum Gasteiger partial charge on any atom is -0.497 e. The molecule has 0 fully saturated rings. The van der Waals surface area contributed by atoms with Gasteiger partial charge in [0.15, 0.2) is 0 Å². The van der Waals surface area contributed by atoms with E-state index in [1.807, 2.05) is 30.0 Å². The van der Waals surface area contributed by atoms with Crippen molar-refractivity contribution in [2.75, 3.05) is 19.6 Å². The summed E-state index contributed by atoms with van der Waals surface area (Å²) >= 11 is 7.63. The van der Waals surface area contributed by atoms with Crippen LogP contribution >= 0.6 is 23.4 Å². The van der Waals surface area contributed by atoms with Gasteiger partial charge in [-0.1, -0.05) is 30.3 Å². The van der Waals surface area contributed by atoms with Crippen molar-refractivity contribution in [3.8, 4) is 22.8 Å². The lowest BCUT2D eigenvalue weighted by molar-refractivity contribution is 0.342. The molecule has 5 heteroatoms. The molecular formula is C25H22ClNO2S. The minimum absolute atomic E-state index is 0.490. The predicted octanol–water partition coefficient (Wildman–Crippen LogP) is 6.59. The topological polar surface area (TPSA) is 23.4 Å². The molecule has 4 aromatic rings. The monoisotopic (exact) mass is 435 g/mol. The second-order valence-corrected chi connectivity index (χ2v) is 8.66. The average Bonchev–Trinajstić information content (AvgIpc) is 3.11. The Kier molecular flexibility index (Phi) is 5.36. The van der Waals surface area contributed by atoms with Crippen molar-refractivity contribution in [1.29, 1.82) is 0 Å². The summed E-state index contributed by atoms with van der Waals surface area (Å²) in [6.45, 7) is 1.32. The van der Waals surface area contributed by atoms with Crippen LogP contribution in [0.5, 0.6) is 11.5 Å². The van der Waals surface area contributed by atoms with Gasteiger partial charge in [-0.05, 0) is 47.5 Å². The van der Waals surface area contributed by atoms with Gasteiger partial charge in [-0.3, -0.25) is 0 Å². The highest BCUT2D eigenvalue weighted by atomic mass is 35.5. The molecule has 0 amide bonds. The molecule has 1 aliphatic heterocycles. The highest BCUT2D eigenvalue weighted by Gasteiger charge is 2.25. The van der Waals surface area contributed by atoms with Gasteiger partial charge in [-0.25, -0.2) is 0 Å². The number of rotatable bonds is 6. The number of ether oxygens (including phenoxy) is 2. The second-order valence-electron chi connectivity index (χ2n) is 7.26. The Bertz CT molecular complexity index is 1200. The summed E-state index contributed by atoms with van der Waals surface area (Å²) < 4.78 is 13.6. The van der Waals surface area contributed by atoms with E-state index < -0.39 is 0 Å². The molecule has 5 rings (SSSR count). The molecule has 0 spiro atoms. The first kappa shape index (κ1) is 19.4. The van der Waals surface area contributed by atoms with Crippen LogP contribution in [0.4, 0.5) is 0 Å². The summed E-state index contributed by atoms with van der Waals surface area (Å²) in [6.07, 6.45) is 0. The Morgan fingerprint density at radius 3 is 2.60 bits per heavy atom. The van der Waals surface area contributed by atoms with E-state index in [1.165, 1.54) is 38.2 Å². The van der Waals surface area contributed by atoms with Crippen LogP contribution in [0.1, 0.15) is 11.1 Å². The number of nitrogens with zero attached hydrogens (tertiary/aromatic N) is 1. The molecular weight excluding hydrogens is 414 g/mol. The van der Waals surface area contributed by atoms with Crippen LogP contribution in [0.2, 0.25) is 0 Å². The maximum atomic E-state index is 5.72. The molecule has 0 saturated carbocycles. The van der Waals surface area contributed by atoms with E-state index in [0.717, 1.165) is 23.8 Å². The van der Waals surface area contributed by atoms with Gasteiger partial charge in [0, 0.05) is 33.7 Å². The summed E-state index contributed by atoms with van der Waals surface area (Å²) in [6, 6.07) is 23.4. The van der Waals surface area contributed by atoms with E-state index in [9.17, 15) is 0 Å². The standard InChI is InChI=1S/C25H22ClNO2S/c1-28-19-10-11-23-21(14-19)22-16-30-24-5-3-2-4-20(24)25(22)27(23)15-17-6-8-18(9-7-17)29-13-12-26/h2-11,14H,12-13,15-16H2,1H3. The molecule has 0 bridgehead atoms. The summed E-state index contributed by atoms with van der Waals surface area (Å²) in [5.41, 5.74) is 6.48. The summed E-state index contributed by atoms with van der Waals surface area (Å²) in [4.78, 5) is 1.34. The first-order valence-corrected chi connectivity index (χ1v) is 11.5. The third-order valence-electron chi connectivity index (χ3n) is 5.50. The van der Waals surface area contributed by atoms with Crippen molar-refractivity contribution in [2.24, 2.45) is 0 Å². The number of methoxy groups -OCH3 is 1. The van der Waals surface area contributed by atoms with Crippen LogP contribution in [0.25, 0.3) is 22.2 Å². The molecule has 0 radical (unpaired) electrons. The number of thioether (sulfide) groups is 1. The maximum Gasteiger partial charge on any atom is 0.119 e. The van der Waals surface area contributed by atoms with Gasteiger partial charge in [0.25, 0.3) is 0 Å². The van der Waals surface area contributed by atoms with Crippen LogP contribution in [0.3, 0.4) is 0 Å². The lowest BCUT2D eigenvalue weighted by Gasteiger charge is -2.19. The molecule has 0 aliphatic carbocycles. The Morgan fingerprint density at radius 1 is 1.00 bits per heavy atom. The number of hydrogen-bond acceptors (Lipinski definition) is 3. The highest BCUT2D eigenvalue weighted by molar-refractivity contribution is 7.98. The fourth-order valence-electron chi connectivity index (χ4n) is 4.12. The van der Waals surface area contributed by atoms with Crippen LogP contribution in [0, 0.1) is 0 Å². The fraction of sp³-hybridized carbons (Fsp3) is 0.200. The van der Waals surface area contributed by atoms with E-state index in [2.05, 4.69) is 53.1 Å². The number of benzene rings is 3. The van der Waals surface area contributed by atoms with Crippen molar-refractivity contribution in [3.05, 3.63) is 77.9 Å². The minimum atomic E-state index is 0.490. The van der Waals surface area contributed by atoms with Crippen molar-refractivity contribution in [3.63, 3.8) is 0 Å². The molecule has 0 atom stereocenters. The normalized spacial score (nSPS) is 12.5. The van der Waals surface area contributed by atoms with E-state index in [0.29, 0.717) is 12.5 Å². The lowest BCUT2D eigenvalue weighted by atomic mass is 10.1. The van der Waals surface area contributed by atoms with Gasteiger partial charge in [0.05, 0.1) is 18.7 Å². The van der Waals surface area contributed by atoms with E-state index in [4.69, 9.17) is 21.1 Å². The molecule has 0 N–H and O–H groups in total. The predicted molar refractivity (Wildman–Crippen MR) is 125 cm³/mol. The molecule has 0 saturated heterocycles. The summed E-state index contributed by atoms with van der Waals surface area (Å²) in [5, 5.41) is 1.27. The zero-order valence-electron chi connectivity index (χ0n) is 16.7. The van der Waals surface area contributed by atoms with Gasteiger partial charge in [-0.15, -0.1) is 23.4 Å². The SMILES string of the molecule is COc1ccc2c(c1)c1c(n2Cc2ccc(OCCCl)cc2)-c2ccccc2SC1. The van der Waals surface area contributed by atoms with Crippen molar-refractivity contribution >= 4 is 34.3 Å². The number of fused-ring (bicyclic) bond motifs is 5. The maximum absolute atomic E-state index is 5.72. The van der Waals surface area contributed by atoms with Crippen molar-refractivity contribution < 1.29 is 9.47 Å². The number of hydrogen-bond donors (Lipinski definition) is 0. The smallest absolute Gasteiger partial charge is 0.119 e. The first-order valence-electron chi connectivity index (χ1n) is 9.97. The zero-order chi connectivity index (χ0) is 20.5. The lowest BCUT2D eigenvalue weighted by Crippen LogP contribution is -2.05. The Balaban J connectivity index is 1.63. The van der Waals surface area contributed by atoms with Gasteiger partial charge < -0.3 is 14.0 Å². The molecule has 1 aliphatic rings. The molecule has 0 unspecified atom stereocenters. The average molecular weight is 436 g/mol. The largest absolute Gasteiger partial charge is 0.497 e. The summed E-state index contributed by atoms with van der Waals surface area (Å²) in [5.74, 6) is 3.20. The summed E-state index contributed by atoms with van der Waals surface area (Å²) in [7, 11) is 1.72. The first-order chi connectivity index (χ1) is 14.8. The van der Waals surface area contributed by atoms with Crippen LogP contribution in [-0.2, 0) is 12.3 Å². The van der Waals surface area contributed by atoms with E-state index >= 15 is 0 Å². The van der Waals surface area contributed by atoms with Gasteiger partial charge >= 0.3 is 0 Å². The number of halogens is 1. The fourth-order valence-corrected chi connectivity index (χ4v) is 5.28. The van der Waals surface area contributed by atoms with Gasteiger partial charge in [0.2, 0.25) is 0 Å². The molecule has 1 aromatic heterocycles. The molecule has 152 valence electrons. The molecule has 3 nitrogen and oxygen atoms in total. The van der Waals surface area contributed by atoms with Gasteiger partial charge in [-0.2, -0.15) is 0 Å². The van der Waals surface area contributed by atoms with E-state index in [-0.39, 0.29) is 0 Å². The second kappa shape index (κ2) is 8.29.